The number of aryl methyl sites for hydroxylation is 1. The number of benzene rings is 4. The second-order valence-electron chi connectivity index (χ2n) is 9.07. The fourth-order valence-corrected chi connectivity index (χ4v) is 4.85. The van der Waals surface area contributed by atoms with Crippen LogP contribution in [-0.4, -0.2) is 23.4 Å². The van der Waals surface area contributed by atoms with Gasteiger partial charge in [0.2, 0.25) is 0 Å². The van der Waals surface area contributed by atoms with E-state index < -0.39 is 17.7 Å². The van der Waals surface area contributed by atoms with Crippen LogP contribution in [0.2, 0.25) is 5.02 Å². The molecule has 0 spiro atoms. The number of para-hydroxylation sites is 1. The molecule has 196 valence electrons. The molecule has 5 rings (SSSR count). The number of Topliss-reactive ketones (excluding diaryl/α,β-unsaturated/α-hetero) is 1. The highest BCUT2D eigenvalue weighted by atomic mass is 35.5. The zero-order chi connectivity index (χ0) is 27.5. The molecule has 1 saturated heterocycles. The van der Waals surface area contributed by atoms with Crippen LogP contribution in [0.4, 0.5) is 5.69 Å². The Hall–Kier alpha value is -4.55. The van der Waals surface area contributed by atoms with Crippen molar-refractivity contribution in [2.75, 3.05) is 11.5 Å². The fourth-order valence-electron chi connectivity index (χ4n) is 4.64. The summed E-state index contributed by atoms with van der Waals surface area (Å²) < 4.78 is 11.5. The van der Waals surface area contributed by atoms with Crippen LogP contribution in [0.3, 0.4) is 0 Å². The SMILES string of the molecule is CCOc1ccc(Cl)c(/C(O)=C2\C(=O)C(=O)N(c3ccc(Oc4ccccc4)cc3)C2c2cccc(C)c2)c1. The maximum atomic E-state index is 13.5. The van der Waals surface area contributed by atoms with Gasteiger partial charge in [0, 0.05) is 11.3 Å². The third kappa shape index (κ3) is 5.24. The number of aliphatic hydroxyl groups is 1. The second kappa shape index (κ2) is 11.1. The van der Waals surface area contributed by atoms with Gasteiger partial charge in [0.15, 0.2) is 0 Å². The lowest BCUT2D eigenvalue weighted by Gasteiger charge is -2.26. The van der Waals surface area contributed by atoms with Crippen molar-refractivity contribution in [2.24, 2.45) is 0 Å². The quantitative estimate of drug-likeness (QED) is 0.150. The number of carbonyl (C=O) groups is 2. The van der Waals surface area contributed by atoms with Gasteiger partial charge in [-0.15, -0.1) is 0 Å². The topological polar surface area (TPSA) is 76.1 Å². The van der Waals surface area contributed by atoms with E-state index in [0.29, 0.717) is 35.1 Å². The standard InChI is InChI=1S/C32H26ClNO5/c1-3-38-25-16-17-27(33)26(19-25)30(35)28-29(21-9-7-8-20(2)18-21)34(32(37)31(28)36)22-12-14-24(15-13-22)39-23-10-5-4-6-11-23/h4-19,29,35H,3H2,1-2H3/b30-28+. The lowest BCUT2D eigenvalue weighted by Crippen LogP contribution is -2.29. The molecular weight excluding hydrogens is 514 g/mol. The summed E-state index contributed by atoms with van der Waals surface area (Å²) in [6.07, 6.45) is 0. The highest BCUT2D eigenvalue weighted by Gasteiger charge is 2.47. The molecule has 0 bridgehead atoms. The van der Waals surface area contributed by atoms with E-state index in [-0.39, 0.29) is 21.9 Å². The summed E-state index contributed by atoms with van der Waals surface area (Å²) in [6.45, 7) is 4.18. The normalized spacial score (nSPS) is 16.4. The third-order valence-electron chi connectivity index (χ3n) is 6.40. The zero-order valence-electron chi connectivity index (χ0n) is 21.4. The lowest BCUT2D eigenvalue weighted by molar-refractivity contribution is -0.132. The van der Waals surface area contributed by atoms with Crippen molar-refractivity contribution in [3.8, 4) is 17.2 Å². The molecule has 0 aromatic heterocycles. The Bertz CT molecular complexity index is 1560. The molecule has 0 aliphatic carbocycles. The molecule has 6 nitrogen and oxygen atoms in total. The largest absolute Gasteiger partial charge is 0.507 e. The van der Waals surface area contributed by atoms with E-state index in [4.69, 9.17) is 21.1 Å². The van der Waals surface area contributed by atoms with Gasteiger partial charge in [0.25, 0.3) is 11.7 Å². The first-order valence-electron chi connectivity index (χ1n) is 12.5. The van der Waals surface area contributed by atoms with Gasteiger partial charge < -0.3 is 14.6 Å². The minimum absolute atomic E-state index is 0.0502. The lowest BCUT2D eigenvalue weighted by atomic mass is 9.94. The molecule has 1 heterocycles. The molecule has 1 unspecified atom stereocenters. The first kappa shape index (κ1) is 26.1. The van der Waals surface area contributed by atoms with Gasteiger partial charge in [-0.05, 0) is 74.0 Å². The Balaban J connectivity index is 1.61. The predicted molar refractivity (Wildman–Crippen MR) is 152 cm³/mol. The smallest absolute Gasteiger partial charge is 0.300 e. The molecule has 1 atom stereocenters. The molecule has 1 N–H and O–H groups in total. The van der Waals surface area contributed by atoms with Crippen molar-refractivity contribution in [3.63, 3.8) is 0 Å². The number of hydrogen-bond donors (Lipinski definition) is 1. The van der Waals surface area contributed by atoms with Gasteiger partial charge in [-0.2, -0.15) is 0 Å². The van der Waals surface area contributed by atoms with E-state index in [0.717, 1.165) is 5.56 Å². The second-order valence-corrected chi connectivity index (χ2v) is 9.47. The number of ether oxygens (including phenoxy) is 2. The van der Waals surface area contributed by atoms with Crippen LogP contribution in [0, 0.1) is 6.92 Å². The monoisotopic (exact) mass is 539 g/mol. The van der Waals surface area contributed by atoms with Gasteiger partial charge in [-0.3, -0.25) is 14.5 Å². The van der Waals surface area contributed by atoms with Crippen molar-refractivity contribution in [1.82, 2.24) is 0 Å². The van der Waals surface area contributed by atoms with Crippen molar-refractivity contribution in [3.05, 3.63) is 124 Å². The van der Waals surface area contributed by atoms with E-state index in [1.54, 1.807) is 42.5 Å². The Kier molecular flexibility index (Phi) is 7.39. The van der Waals surface area contributed by atoms with Crippen LogP contribution >= 0.6 is 11.6 Å². The summed E-state index contributed by atoms with van der Waals surface area (Å²) in [5.74, 6) is -0.181. The average molecular weight is 540 g/mol. The summed E-state index contributed by atoms with van der Waals surface area (Å²) in [7, 11) is 0. The Morgan fingerprint density at radius 3 is 2.26 bits per heavy atom. The molecule has 1 aliphatic heterocycles. The molecule has 4 aromatic rings. The summed E-state index contributed by atoms with van der Waals surface area (Å²) in [4.78, 5) is 28.4. The maximum Gasteiger partial charge on any atom is 0.300 e. The van der Waals surface area contributed by atoms with E-state index in [2.05, 4.69) is 0 Å². The van der Waals surface area contributed by atoms with Crippen LogP contribution in [0.5, 0.6) is 17.2 Å². The van der Waals surface area contributed by atoms with E-state index in [9.17, 15) is 14.7 Å². The number of carbonyl (C=O) groups excluding carboxylic acids is 2. The summed E-state index contributed by atoms with van der Waals surface area (Å²) in [5.41, 5.74) is 2.27. The highest BCUT2D eigenvalue weighted by molar-refractivity contribution is 6.52. The van der Waals surface area contributed by atoms with Gasteiger partial charge in [-0.1, -0.05) is 59.6 Å². The third-order valence-corrected chi connectivity index (χ3v) is 6.73. The summed E-state index contributed by atoms with van der Waals surface area (Å²) in [5, 5.41) is 11.7. The molecule has 7 heteroatoms. The van der Waals surface area contributed by atoms with Gasteiger partial charge in [-0.25, -0.2) is 0 Å². The number of aliphatic hydroxyl groups excluding tert-OH is 1. The minimum Gasteiger partial charge on any atom is -0.507 e. The zero-order valence-corrected chi connectivity index (χ0v) is 22.2. The number of amides is 1. The number of nitrogens with zero attached hydrogens (tertiary/aromatic N) is 1. The molecular formula is C32H26ClNO5. The highest BCUT2D eigenvalue weighted by Crippen LogP contribution is 2.44. The first-order chi connectivity index (χ1) is 18.9. The van der Waals surface area contributed by atoms with Gasteiger partial charge in [0.1, 0.15) is 23.0 Å². The van der Waals surface area contributed by atoms with Crippen LogP contribution in [0.1, 0.15) is 29.7 Å². The number of halogens is 1. The Morgan fingerprint density at radius 1 is 0.872 bits per heavy atom. The van der Waals surface area contributed by atoms with Crippen LogP contribution in [0.15, 0.2) is 103 Å². The summed E-state index contributed by atoms with van der Waals surface area (Å²) >= 11 is 6.44. The summed E-state index contributed by atoms with van der Waals surface area (Å²) in [6, 6.07) is 27.7. The molecule has 1 amide bonds. The Labute approximate surface area is 231 Å². The van der Waals surface area contributed by atoms with Crippen molar-refractivity contribution in [2.45, 2.75) is 19.9 Å². The maximum absolute atomic E-state index is 13.5. The van der Waals surface area contributed by atoms with Crippen LogP contribution in [0.25, 0.3) is 5.76 Å². The molecule has 0 radical (unpaired) electrons. The molecule has 39 heavy (non-hydrogen) atoms. The minimum atomic E-state index is -0.877. The number of ketones is 1. The van der Waals surface area contributed by atoms with Gasteiger partial charge >= 0.3 is 0 Å². The average Bonchev–Trinajstić information content (AvgIpc) is 3.20. The molecule has 4 aromatic carbocycles. The predicted octanol–water partition coefficient (Wildman–Crippen LogP) is 7.47. The van der Waals surface area contributed by atoms with E-state index >= 15 is 0 Å². The van der Waals surface area contributed by atoms with Crippen molar-refractivity contribution >= 4 is 34.7 Å². The van der Waals surface area contributed by atoms with Gasteiger partial charge in [0.05, 0.1) is 23.2 Å². The number of rotatable bonds is 7. The molecule has 1 fully saturated rings. The Morgan fingerprint density at radius 2 is 1.56 bits per heavy atom. The first-order valence-corrected chi connectivity index (χ1v) is 12.9. The number of hydrogen-bond acceptors (Lipinski definition) is 5. The van der Waals surface area contributed by atoms with Crippen molar-refractivity contribution in [1.29, 1.82) is 0 Å². The molecule has 0 saturated carbocycles. The van der Waals surface area contributed by atoms with Crippen molar-refractivity contribution < 1.29 is 24.2 Å². The molecule has 1 aliphatic rings. The van der Waals surface area contributed by atoms with Crippen LogP contribution < -0.4 is 14.4 Å². The number of anilines is 1. The van der Waals surface area contributed by atoms with E-state index in [1.807, 2.05) is 68.4 Å². The fraction of sp³-hybridized carbons (Fsp3) is 0.125. The van der Waals surface area contributed by atoms with E-state index in [1.165, 1.54) is 4.90 Å². The van der Waals surface area contributed by atoms with Crippen LogP contribution in [-0.2, 0) is 9.59 Å².